The Hall–Kier alpha value is -2.69. The largest absolute Gasteiger partial charge is 0.338 e. The summed E-state index contributed by atoms with van der Waals surface area (Å²) in [5, 5.41) is 5.41. The molecule has 0 spiro atoms. The van der Waals surface area contributed by atoms with E-state index in [4.69, 9.17) is 0 Å². The van der Waals surface area contributed by atoms with Crippen LogP contribution in [0.4, 0.5) is 0 Å². The number of carbonyl (C=O) groups excluding carboxylic acids is 1. The Kier molecular flexibility index (Phi) is 4.59. The zero-order valence-corrected chi connectivity index (χ0v) is 16.1. The first-order valence-corrected chi connectivity index (χ1v) is 10.4. The molecule has 1 saturated heterocycles. The third-order valence-electron chi connectivity index (χ3n) is 6.48. The number of hydrogen-bond acceptors (Lipinski definition) is 3. The van der Waals surface area contributed by atoms with Gasteiger partial charge in [-0.3, -0.25) is 4.79 Å². The second kappa shape index (κ2) is 7.38. The second-order valence-electron chi connectivity index (χ2n) is 8.27. The molecule has 5 rings (SSSR count). The third-order valence-corrected chi connectivity index (χ3v) is 6.48. The monoisotopic (exact) mass is 374 g/mol. The first-order valence-electron chi connectivity index (χ1n) is 10.4. The van der Waals surface area contributed by atoms with E-state index in [1.165, 1.54) is 31.2 Å². The lowest BCUT2D eigenvalue weighted by atomic mass is 9.75. The van der Waals surface area contributed by atoms with Crippen molar-refractivity contribution in [3.8, 4) is 0 Å². The highest BCUT2D eigenvalue weighted by molar-refractivity contribution is 5.96. The molecule has 0 N–H and O–H groups in total. The zero-order chi connectivity index (χ0) is 18.9. The highest BCUT2D eigenvalue weighted by Gasteiger charge is 2.33. The minimum absolute atomic E-state index is 0.120. The maximum Gasteiger partial charge on any atom is 0.255 e. The van der Waals surface area contributed by atoms with Crippen LogP contribution in [0.15, 0.2) is 48.8 Å². The number of fused-ring (bicyclic) bond motifs is 2. The summed E-state index contributed by atoms with van der Waals surface area (Å²) in [6.07, 6.45) is 10.00. The Morgan fingerprint density at radius 2 is 1.86 bits per heavy atom. The van der Waals surface area contributed by atoms with Crippen LogP contribution >= 0.6 is 0 Å². The van der Waals surface area contributed by atoms with Crippen molar-refractivity contribution in [2.24, 2.45) is 11.8 Å². The molecular formula is C23H26N4O. The van der Waals surface area contributed by atoms with Gasteiger partial charge in [0.25, 0.3) is 5.91 Å². The van der Waals surface area contributed by atoms with Crippen LogP contribution in [0.1, 0.15) is 48.0 Å². The van der Waals surface area contributed by atoms with E-state index >= 15 is 0 Å². The minimum Gasteiger partial charge on any atom is -0.338 e. The number of pyridine rings is 1. The Morgan fingerprint density at radius 1 is 1.04 bits per heavy atom. The summed E-state index contributed by atoms with van der Waals surface area (Å²) in [4.78, 5) is 19.7. The summed E-state index contributed by atoms with van der Waals surface area (Å²) in [7, 11) is 0. The predicted octanol–water partition coefficient (Wildman–Crippen LogP) is 4.13. The fraction of sp³-hybridized carbons (Fsp3) is 0.435. The Balaban J connectivity index is 1.34. The number of amides is 1. The number of benzene rings is 1. The number of aromatic nitrogens is 3. The molecule has 3 heterocycles. The van der Waals surface area contributed by atoms with Gasteiger partial charge in [0.2, 0.25) is 0 Å². The van der Waals surface area contributed by atoms with Crippen molar-refractivity contribution in [2.45, 2.75) is 38.6 Å². The summed E-state index contributed by atoms with van der Waals surface area (Å²) in [6.45, 7) is 2.47. The maximum absolute atomic E-state index is 13.1. The molecule has 2 fully saturated rings. The van der Waals surface area contributed by atoms with Crippen LogP contribution in [0.25, 0.3) is 11.0 Å². The zero-order valence-electron chi connectivity index (χ0n) is 16.1. The fourth-order valence-corrected chi connectivity index (χ4v) is 4.93. The molecular weight excluding hydrogens is 348 g/mol. The standard InChI is InChI=1S/C23H26N4O/c28-23(26-11-10-18-8-4-5-9-19(18)16-26)21-12-20-14-25-27(22(20)24-13-21)15-17-6-2-1-3-7-17/h1-3,6-7,12-14,18-19H,4-5,8-11,15-16H2/t18-,19+/m0/s1. The molecule has 1 saturated carbocycles. The Bertz CT molecular complexity index is 981. The summed E-state index contributed by atoms with van der Waals surface area (Å²) >= 11 is 0. The second-order valence-corrected chi connectivity index (χ2v) is 8.27. The molecule has 3 aromatic rings. The fourth-order valence-electron chi connectivity index (χ4n) is 4.93. The average Bonchev–Trinajstić information content (AvgIpc) is 3.15. The molecule has 1 amide bonds. The molecule has 28 heavy (non-hydrogen) atoms. The van der Waals surface area contributed by atoms with Gasteiger partial charge in [-0.25, -0.2) is 9.67 Å². The smallest absolute Gasteiger partial charge is 0.255 e. The van der Waals surface area contributed by atoms with E-state index in [0.29, 0.717) is 18.0 Å². The van der Waals surface area contributed by atoms with E-state index in [1.807, 2.05) is 40.0 Å². The molecule has 144 valence electrons. The summed E-state index contributed by atoms with van der Waals surface area (Å²) in [6, 6.07) is 12.2. The minimum atomic E-state index is 0.120. The van der Waals surface area contributed by atoms with E-state index in [2.05, 4.69) is 22.2 Å². The van der Waals surface area contributed by atoms with Crippen molar-refractivity contribution in [2.75, 3.05) is 13.1 Å². The van der Waals surface area contributed by atoms with Crippen molar-refractivity contribution in [1.29, 1.82) is 0 Å². The third kappa shape index (κ3) is 3.30. The van der Waals surface area contributed by atoms with E-state index in [0.717, 1.165) is 36.5 Å². The Labute approximate surface area is 165 Å². The molecule has 1 aliphatic heterocycles. The molecule has 1 aliphatic carbocycles. The van der Waals surface area contributed by atoms with Crippen LogP contribution in [0, 0.1) is 11.8 Å². The topological polar surface area (TPSA) is 51.0 Å². The Morgan fingerprint density at radius 3 is 2.71 bits per heavy atom. The van der Waals surface area contributed by atoms with Gasteiger partial charge in [-0.15, -0.1) is 0 Å². The number of piperidine rings is 1. The van der Waals surface area contributed by atoms with Crippen LogP contribution in [-0.2, 0) is 6.54 Å². The normalized spacial score (nSPS) is 22.2. The quantitative estimate of drug-likeness (QED) is 0.693. The summed E-state index contributed by atoms with van der Waals surface area (Å²) in [5.74, 6) is 1.64. The highest BCUT2D eigenvalue weighted by atomic mass is 16.2. The lowest BCUT2D eigenvalue weighted by molar-refractivity contribution is 0.0520. The van der Waals surface area contributed by atoms with Crippen LogP contribution in [0.5, 0.6) is 0 Å². The average molecular weight is 374 g/mol. The van der Waals surface area contributed by atoms with Crippen molar-refractivity contribution >= 4 is 16.9 Å². The molecule has 5 heteroatoms. The number of hydrogen-bond donors (Lipinski definition) is 0. The number of likely N-dealkylation sites (tertiary alicyclic amines) is 1. The van der Waals surface area contributed by atoms with Gasteiger partial charge in [-0.2, -0.15) is 5.10 Å². The number of nitrogens with zero attached hydrogens (tertiary/aromatic N) is 4. The molecule has 2 aromatic heterocycles. The van der Waals surface area contributed by atoms with Crippen LogP contribution in [0.3, 0.4) is 0 Å². The molecule has 0 radical (unpaired) electrons. The van der Waals surface area contributed by atoms with Crippen LogP contribution < -0.4 is 0 Å². The van der Waals surface area contributed by atoms with Gasteiger partial charge in [0.1, 0.15) is 0 Å². The van der Waals surface area contributed by atoms with Crippen molar-refractivity contribution in [3.63, 3.8) is 0 Å². The summed E-state index contributed by atoms with van der Waals surface area (Å²) < 4.78 is 1.90. The predicted molar refractivity (Wildman–Crippen MR) is 109 cm³/mol. The van der Waals surface area contributed by atoms with Gasteiger partial charge in [-0.1, -0.05) is 49.6 Å². The van der Waals surface area contributed by atoms with Crippen molar-refractivity contribution in [1.82, 2.24) is 19.7 Å². The van der Waals surface area contributed by atoms with Gasteiger partial charge in [0.05, 0.1) is 18.3 Å². The highest BCUT2D eigenvalue weighted by Crippen LogP contribution is 2.36. The molecule has 5 nitrogen and oxygen atoms in total. The molecule has 2 aliphatic rings. The maximum atomic E-state index is 13.1. The van der Waals surface area contributed by atoms with Crippen molar-refractivity contribution < 1.29 is 4.79 Å². The first kappa shape index (κ1) is 17.4. The van der Waals surface area contributed by atoms with E-state index in [1.54, 1.807) is 6.20 Å². The molecule has 0 bridgehead atoms. The molecule has 2 atom stereocenters. The lowest BCUT2D eigenvalue weighted by Gasteiger charge is -2.41. The summed E-state index contributed by atoms with van der Waals surface area (Å²) in [5.41, 5.74) is 2.69. The SMILES string of the molecule is O=C(c1cnc2c(cnn2Cc2ccccc2)c1)N1CC[C@@H]2CCCC[C@@H]2C1. The van der Waals surface area contributed by atoms with Gasteiger partial charge in [0, 0.05) is 24.7 Å². The van der Waals surface area contributed by atoms with Gasteiger partial charge in [0.15, 0.2) is 5.65 Å². The molecule has 0 unspecified atom stereocenters. The lowest BCUT2D eigenvalue weighted by Crippen LogP contribution is -2.44. The number of carbonyl (C=O) groups is 1. The van der Waals surface area contributed by atoms with Crippen LogP contribution in [0.2, 0.25) is 0 Å². The first-order chi connectivity index (χ1) is 13.8. The van der Waals surface area contributed by atoms with Gasteiger partial charge < -0.3 is 4.90 Å². The van der Waals surface area contributed by atoms with Gasteiger partial charge >= 0.3 is 0 Å². The van der Waals surface area contributed by atoms with E-state index in [-0.39, 0.29) is 5.91 Å². The number of rotatable bonds is 3. The van der Waals surface area contributed by atoms with Gasteiger partial charge in [-0.05, 0) is 36.3 Å². The van der Waals surface area contributed by atoms with E-state index < -0.39 is 0 Å². The van der Waals surface area contributed by atoms with E-state index in [9.17, 15) is 4.79 Å². The van der Waals surface area contributed by atoms with Crippen molar-refractivity contribution in [3.05, 3.63) is 59.9 Å². The molecule has 1 aromatic carbocycles. The van der Waals surface area contributed by atoms with Crippen LogP contribution in [-0.4, -0.2) is 38.7 Å².